The first kappa shape index (κ1) is 18.3. The number of hydrogen-bond donors (Lipinski definition) is 1. The molecule has 3 aromatic heterocycles. The van der Waals surface area contributed by atoms with Crippen molar-refractivity contribution in [1.82, 2.24) is 15.0 Å². The molecule has 4 rings (SSSR count). The van der Waals surface area contributed by atoms with Crippen LogP contribution in [0.5, 0.6) is 0 Å². The predicted octanol–water partition coefficient (Wildman–Crippen LogP) is 4.12. The Morgan fingerprint density at radius 3 is 2.50 bits per heavy atom. The van der Waals surface area contributed by atoms with Gasteiger partial charge in [-0.1, -0.05) is 17.8 Å². The number of benzene rings is 1. The van der Waals surface area contributed by atoms with E-state index in [1.807, 2.05) is 18.2 Å². The fourth-order valence-electron chi connectivity index (χ4n) is 2.60. The van der Waals surface area contributed by atoms with Crippen LogP contribution in [0.3, 0.4) is 0 Å². The lowest BCUT2D eigenvalue weighted by atomic mass is 10.2. The molecule has 1 aromatic carbocycles. The van der Waals surface area contributed by atoms with Crippen molar-refractivity contribution in [3.8, 4) is 0 Å². The van der Waals surface area contributed by atoms with Crippen LogP contribution in [0.15, 0.2) is 88.1 Å². The minimum absolute atomic E-state index is 0.00602. The van der Waals surface area contributed by atoms with E-state index in [9.17, 15) is 12.8 Å². The first-order chi connectivity index (χ1) is 13.5. The van der Waals surface area contributed by atoms with Crippen LogP contribution in [0.2, 0.25) is 0 Å². The number of halogens is 1. The van der Waals surface area contributed by atoms with E-state index in [0.29, 0.717) is 10.7 Å². The van der Waals surface area contributed by atoms with E-state index in [0.717, 1.165) is 11.1 Å². The third kappa shape index (κ3) is 3.80. The van der Waals surface area contributed by atoms with Crippen LogP contribution in [0.25, 0.3) is 10.9 Å². The summed E-state index contributed by atoms with van der Waals surface area (Å²) in [6.45, 7) is 0. The van der Waals surface area contributed by atoms with Crippen molar-refractivity contribution in [2.45, 2.75) is 14.9 Å². The predicted molar refractivity (Wildman–Crippen MR) is 105 cm³/mol. The van der Waals surface area contributed by atoms with Crippen LogP contribution in [0.4, 0.5) is 10.1 Å². The van der Waals surface area contributed by atoms with Crippen molar-refractivity contribution in [3.63, 3.8) is 0 Å². The molecule has 0 bridgehead atoms. The van der Waals surface area contributed by atoms with E-state index in [1.54, 1.807) is 24.4 Å². The van der Waals surface area contributed by atoms with Gasteiger partial charge >= 0.3 is 0 Å². The van der Waals surface area contributed by atoms with Gasteiger partial charge < -0.3 is 0 Å². The van der Waals surface area contributed by atoms with Crippen LogP contribution in [0, 0.1) is 5.82 Å². The summed E-state index contributed by atoms with van der Waals surface area (Å²) in [6.07, 6.45) is 4.59. The number of anilines is 1. The molecular formula is C19H13FN4O2S2. The van der Waals surface area contributed by atoms with Crippen molar-refractivity contribution >= 4 is 38.4 Å². The summed E-state index contributed by atoms with van der Waals surface area (Å²) in [7, 11) is -3.96. The van der Waals surface area contributed by atoms with Gasteiger partial charge in [0.05, 0.1) is 10.6 Å². The van der Waals surface area contributed by atoms with Crippen LogP contribution < -0.4 is 4.72 Å². The molecule has 0 unspecified atom stereocenters. The Kier molecular flexibility index (Phi) is 4.93. The van der Waals surface area contributed by atoms with E-state index < -0.39 is 15.8 Å². The summed E-state index contributed by atoms with van der Waals surface area (Å²) in [5.74, 6) is -0.576. The number of pyridine rings is 3. The number of nitrogens with zero attached hydrogens (tertiary/aromatic N) is 3. The molecule has 0 fully saturated rings. The maximum Gasteiger partial charge on any atom is 0.262 e. The summed E-state index contributed by atoms with van der Waals surface area (Å²) in [6, 6.07) is 14.1. The zero-order valence-corrected chi connectivity index (χ0v) is 15.9. The van der Waals surface area contributed by atoms with Crippen molar-refractivity contribution in [1.29, 1.82) is 0 Å². The van der Waals surface area contributed by atoms with Gasteiger partial charge in [0.1, 0.15) is 21.4 Å². The van der Waals surface area contributed by atoms with Gasteiger partial charge in [0.25, 0.3) is 10.0 Å². The summed E-state index contributed by atoms with van der Waals surface area (Å²) in [5.41, 5.74) is 0.348. The first-order valence-electron chi connectivity index (χ1n) is 8.14. The van der Waals surface area contributed by atoms with Gasteiger partial charge in [0.2, 0.25) is 0 Å². The smallest absolute Gasteiger partial charge is 0.262 e. The molecule has 1 N–H and O–H groups in total. The number of aromatic nitrogens is 3. The summed E-state index contributed by atoms with van der Waals surface area (Å²) < 4.78 is 42.3. The molecule has 4 aromatic rings. The van der Waals surface area contributed by atoms with Gasteiger partial charge in [0.15, 0.2) is 0 Å². The fourth-order valence-corrected chi connectivity index (χ4v) is 4.62. The molecule has 0 aliphatic heterocycles. The summed E-state index contributed by atoms with van der Waals surface area (Å²) >= 11 is 1.31. The highest BCUT2D eigenvalue weighted by Gasteiger charge is 2.20. The molecular weight excluding hydrogens is 399 g/mol. The van der Waals surface area contributed by atoms with E-state index >= 15 is 0 Å². The minimum atomic E-state index is -3.96. The Balaban J connectivity index is 1.66. The lowest BCUT2D eigenvalue weighted by molar-refractivity contribution is 0.601. The number of nitrogens with one attached hydrogen (secondary N) is 1. The molecule has 0 spiro atoms. The molecule has 0 atom stereocenters. The third-order valence-corrected chi connectivity index (χ3v) is 6.13. The lowest BCUT2D eigenvalue weighted by Crippen LogP contribution is -2.14. The second kappa shape index (κ2) is 7.53. The minimum Gasteiger partial charge on any atom is -0.279 e. The molecule has 3 heterocycles. The van der Waals surface area contributed by atoms with Crippen LogP contribution >= 0.6 is 11.8 Å². The molecule has 6 nitrogen and oxygen atoms in total. The Morgan fingerprint density at radius 2 is 1.68 bits per heavy atom. The topological polar surface area (TPSA) is 84.8 Å². The molecule has 9 heteroatoms. The number of rotatable bonds is 5. The highest BCUT2D eigenvalue weighted by atomic mass is 32.2. The largest absolute Gasteiger partial charge is 0.279 e. The van der Waals surface area contributed by atoms with E-state index in [-0.39, 0.29) is 15.8 Å². The normalized spacial score (nSPS) is 11.5. The van der Waals surface area contributed by atoms with Gasteiger partial charge in [-0.2, -0.15) is 0 Å². The van der Waals surface area contributed by atoms with E-state index in [1.165, 1.54) is 36.3 Å². The van der Waals surface area contributed by atoms with Crippen molar-refractivity contribution in [3.05, 3.63) is 79.0 Å². The number of fused-ring (bicyclic) bond motifs is 1. The molecule has 0 saturated heterocycles. The van der Waals surface area contributed by atoms with Crippen LogP contribution in [0.1, 0.15) is 0 Å². The van der Waals surface area contributed by atoms with Crippen LogP contribution in [-0.4, -0.2) is 23.4 Å². The Morgan fingerprint density at radius 1 is 0.857 bits per heavy atom. The SMILES string of the molecule is O=S(=O)(Nc1ccnc(Sc2ccccn2)c1)c1ccc(F)c2ncccc12. The van der Waals surface area contributed by atoms with Crippen molar-refractivity contribution in [2.75, 3.05) is 4.72 Å². The quantitative estimate of drug-likeness (QED) is 0.531. The Bertz CT molecular complexity index is 1250. The average molecular weight is 412 g/mol. The maximum atomic E-state index is 13.9. The maximum absolute atomic E-state index is 13.9. The highest BCUT2D eigenvalue weighted by molar-refractivity contribution is 7.99. The molecule has 0 aliphatic carbocycles. The molecule has 0 saturated carbocycles. The van der Waals surface area contributed by atoms with Gasteiger partial charge in [-0.15, -0.1) is 0 Å². The molecule has 0 radical (unpaired) electrons. The third-order valence-electron chi connectivity index (χ3n) is 3.80. The summed E-state index contributed by atoms with van der Waals surface area (Å²) in [5, 5.41) is 1.54. The zero-order valence-electron chi connectivity index (χ0n) is 14.3. The average Bonchev–Trinajstić information content (AvgIpc) is 2.69. The lowest BCUT2D eigenvalue weighted by Gasteiger charge is -2.11. The Hall–Kier alpha value is -3.04. The van der Waals surface area contributed by atoms with E-state index in [4.69, 9.17) is 0 Å². The van der Waals surface area contributed by atoms with Gasteiger partial charge in [-0.05, 0) is 48.5 Å². The number of hydrogen-bond acceptors (Lipinski definition) is 6. The Labute approximate surface area is 164 Å². The van der Waals surface area contributed by atoms with E-state index in [2.05, 4.69) is 19.7 Å². The van der Waals surface area contributed by atoms with Gasteiger partial charge in [0, 0.05) is 24.0 Å². The summed E-state index contributed by atoms with van der Waals surface area (Å²) in [4.78, 5) is 12.3. The second-order valence-corrected chi connectivity index (χ2v) is 8.39. The van der Waals surface area contributed by atoms with Gasteiger partial charge in [-0.3, -0.25) is 9.71 Å². The highest BCUT2D eigenvalue weighted by Crippen LogP contribution is 2.28. The van der Waals surface area contributed by atoms with Gasteiger partial charge in [-0.25, -0.2) is 22.8 Å². The second-order valence-electron chi connectivity index (χ2n) is 5.70. The fraction of sp³-hybridized carbons (Fsp3) is 0. The zero-order chi connectivity index (χ0) is 19.6. The molecule has 28 heavy (non-hydrogen) atoms. The molecule has 0 amide bonds. The standard InChI is InChI=1S/C19H13FN4O2S2/c20-15-6-7-16(14-4-3-10-23-19(14)15)28(25,26)24-13-8-11-22-18(12-13)27-17-5-1-2-9-21-17/h1-12H,(H,22,24). The monoisotopic (exact) mass is 412 g/mol. The first-order valence-corrected chi connectivity index (χ1v) is 10.4. The van der Waals surface area contributed by atoms with Crippen molar-refractivity contribution < 1.29 is 12.8 Å². The number of sulfonamides is 1. The molecule has 140 valence electrons. The molecule has 0 aliphatic rings. The van der Waals surface area contributed by atoms with Crippen LogP contribution in [-0.2, 0) is 10.0 Å². The van der Waals surface area contributed by atoms with Crippen molar-refractivity contribution in [2.24, 2.45) is 0 Å².